The van der Waals surface area contributed by atoms with Gasteiger partial charge in [0.2, 0.25) is 0 Å². The SMILES string of the molecule is CC1[C@H](C(=O)O)[C@H](c2ccc(F)cc2)CN1Cc1ccccc1. The van der Waals surface area contributed by atoms with Crippen LogP contribution in [0.3, 0.4) is 0 Å². The van der Waals surface area contributed by atoms with Crippen molar-refractivity contribution in [1.29, 1.82) is 0 Å². The summed E-state index contributed by atoms with van der Waals surface area (Å²) in [6, 6.07) is 16.2. The van der Waals surface area contributed by atoms with Gasteiger partial charge in [-0.3, -0.25) is 9.69 Å². The van der Waals surface area contributed by atoms with Crippen molar-refractivity contribution in [2.24, 2.45) is 5.92 Å². The van der Waals surface area contributed by atoms with Crippen LogP contribution in [0.25, 0.3) is 0 Å². The van der Waals surface area contributed by atoms with Gasteiger partial charge in [0.1, 0.15) is 5.82 Å². The molecular formula is C19H20FNO2. The van der Waals surface area contributed by atoms with Crippen LogP contribution in [0.4, 0.5) is 4.39 Å². The van der Waals surface area contributed by atoms with Crippen LogP contribution in [-0.2, 0) is 11.3 Å². The van der Waals surface area contributed by atoms with Crippen molar-refractivity contribution in [2.75, 3.05) is 6.54 Å². The van der Waals surface area contributed by atoms with Crippen LogP contribution in [0.2, 0.25) is 0 Å². The lowest BCUT2D eigenvalue weighted by Gasteiger charge is -2.22. The fourth-order valence-corrected chi connectivity index (χ4v) is 3.52. The zero-order chi connectivity index (χ0) is 16.4. The fraction of sp³-hybridized carbons (Fsp3) is 0.316. The molecule has 1 N–H and O–H groups in total. The number of aliphatic carboxylic acids is 1. The van der Waals surface area contributed by atoms with Gasteiger partial charge in [-0.15, -0.1) is 0 Å². The van der Waals surface area contributed by atoms with Gasteiger partial charge in [0, 0.05) is 25.0 Å². The summed E-state index contributed by atoms with van der Waals surface area (Å²) in [5, 5.41) is 9.65. The third-order valence-electron chi connectivity index (χ3n) is 4.77. The molecule has 1 aliphatic rings. The largest absolute Gasteiger partial charge is 0.481 e. The minimum Gasteiger partial charge on any atom is -0.481 e. The first-order valence-electron chi connectivity index (χ1n) is 7.82. The van der Waals surface area contributed by atoms with Crippen molar-refractivity contribution in [2.45, 2.75) is 25.4 Å². The van der Waals surface area contributed by atoms with Crippen molar-refractivity contribution >= 4 is 5.97 Å². The van der Waals surface area contributed by atoms with Gasteiger partial charge in [0.25, 0.3) is 0 Å². The fourth-order valence-electron chi connectivity index (χ4n) is 3.52. The summed E-state index contributed by atoms with van der Waals surface area (Å²) >= 11 is 0. The molecule has 1 aliphatic heterocycles. The van der Waals surface area contributed by atoms with Gasteiger partial charge >= 0.3 is 5.97 Å². The molecule has 3 rings (SSSR count). The molecule has 3 atom stereocenters. The molecule has 23 heavy (non-hydrogen) atoms. The highest BCUT2D eigenvalue weighted by Crippen LogP contribution is 2.38. The number of rotatable bonds is 4. The van der Waals surface area contributed by atoms with Crippen LogP contribution in [0, 0.1) is 11.7 Å². The second kappa shape index (κ2) is 6.50. The maximum absolute atomic E-state index is 13.1. The molecule has 3 nitrogen and oxygen atoms in total. The molecule has 0 aliphatic carbocycles. The van der Waals surface area contributed by atoms with Crippen molar-refractivity contribution in [3.8, 4) is 0 Å². The van der Waals surface area contributed by atoms with Crippen LogP contribution in [0.15, 0.2) is 54.6 Å². The molecule has 0 amide bonds. The highest BCUT2D eigenvalue weighted by Gasteiger charge is 2.44. The smallest absolute Gasteiger partial charge is 0.308 e. The normalized spacial score (nSPS) is 24.7. The van der Waals surface area contributed by atoms with E-state index >= 15 is 0 Å². The summed E-state index contributed by atoms with van der Waals surface area (Å²) in [4.78, 5) is 14.0. The molecule has 0 bridgehead atoms. The molecule has 1 heterocycles. The topological polar surface area (TPSA) is 40.5 Å². The minimum absolute atomic E-state index is 0.0669. The van der Waals surface area contributed by atoms with E-state index in [2.05, 4.69) is 4.90 Å². The molecule has 1 saturated heterocycles. The third kappa shape index (κ3) is 3.27. The number of hydrogen-bond acceptors (Lipinski definition) is 2. The van der Waals surface area contributed by atoms with Crippen LogP contribution >= 0.6 is 0 Å². The first-order valence-corrected chi connectivity index (χ1v) is 7.82. The van der Waals surface area contributed by atoms with Crippen molar-refractivity contribution in [1.82, 2.24) is 4.90 Å². The predicted molar refractivity (Wildman–Crippen MR) is 86.6 cm³/mol. The van der Waals surface area contributed by atoms with Gasteiger partial charge in [-0.1, -0.05) is 42.5 Å². The number of carboxylic acid groups (broad SMARTS) is 1. The van der Waals surface area contributed by atoms with Crippen LogP contribution in [0.5, 0.6) is 0 Å². The van der Waals surface area contributed by atoms with E-state index in [1.165, 1.54) is 17.7 Å². The van der Waals surface area contributed by atoms with E-state index in [1.54, 1.807) is 12.1 Å². The molecule has 0 aromatic heterocycles. The summed E-state index contributed by atoms with van der Waals surface area (Å²) in [5.41, 5.74) is 2.06. The van der Waals surface area contributed by atoms with Gasteiger partial charge < -0.3 is 5.11 Å². The highest BCUT2D eigenvalue weighted by atomic mass is 19.1. The maximum Gasteiger partial charge on any atom is 0.308 e. The first-order chi connectivity index (χ1) is 11.1. The number of hydrogen-bond donors (Lipinski definition) is 1. The lowest BCUT2D eigenvalue weighted by molar-refractivity contribution is -0.142. The second-order valence-electron chi connectivity index (χ2n) is 6.18. The first kappa shape index (κ1) is 15.7. The summed E-state index contributed by atoms with van der Waals surface area (Å²) in [6.07, 6.45) is 0. The Morgan fingerprint density at radius 2 is 1.83 bits per heavy atom. The predicted octanol–water partition coefficient (Wildman–Crippen LogP) is 3.51. The Bertz CT molecular complexity index is 672. The van der Waals surface area contributed by atoms with E-state index in [9.17, 15) is 14.3 Å². The number of halogens is 1. The average Bonchev–Trinajstić information content (AvgIpc) is 2.86. The standard InChI is InChI=1S/C19H20FNO2/c1-13-18(19(22)23)17(15-7-9-16(20)10-8-15)12-21(13)11-14-5-3-2-4-6-14/h2-10,13,17-18H,11-12H2,1H3,(H,22,23)/t13?,17-,18-/m0/s1. The molecular weight excluding hydrogens is 293 g/mol. The van der Waals surface area contributed by atoms with E-state index in [-0.39, 0.29) is 17.8 Å². The number of carboxylic acids is 1. The Morgan fingerprint density at radius 3 is 2.43 bits per heavy atom. The molecule has 0 saturated carbocycles. The summed E-state index contributed by atoms with van der Waals surface area (Å²) < 4.78 is 13.1. The lowest BCUT2D eigenvalue weighted by atomic mass is 9.86. The van der Waals surface area contributed by atoms with E-state index in [4.69, 9.17) is 0 Å². The van der Waals surface area contributed by atoms with Gasteiger partial charge in [0.05, 0.1) is 5.92 Å². The Hall–Kier alpha value is -2.20. The Morgan fingerprint density at radius 1 is 1.17 bits per heavy atom. The van der Waals surface area contributed by atoms with E-state index in [1.807, 2.05) is 37.3 Å². The van der Waals surface area contributed by atoms with E-state index < -0.39 is 11.9 Å². The monoisotopic (exact) mass is 313 g/mol. The molecule has 120 valence electrons. The number of benzene rings is 2. The summed E-state index contributed by atoms with van der Waals surface area (Å²) in [7, 11) is 0. The molecule has 0 radical (unpaired) electrons. The zero-order valence-electron chi connectivity index (χ0n) is 13.0. The molecule has 2 aromatic rings. The molecule has 2 aromatic carbocycles. The van der Waals surface area contributed by atoms with Gasteiger partial charge in [0.15, 0.2) is 0 Å². The van der Waals surface area contributed by atoms with E-state index in [0.717, 1.165) is 12.1 Å². The Balaban J connectivity index is 1.85. The number of nitrogens with zero attached hydrogens (tertiary/aromatic N) is 1. The Kier molecular flexibility index (Phi) is 4.44. The summed E-state index contributed by atoms with van der Waals surface area (Å²) in [6.45, 7) is 3.35. The van der Waals surface area contributed by atoms with Crippen LogP contribution in [-0.4, -0.2) is 28.6 Å². The van der Waals surface area contributed by atoms with Crippen molar-refractivity contribution in [3.05, 3.63) is 71.5 Å². The molecule has 1 unspecified atom stereocenters. The zero-order valence-corrected chi connectivity index (χ0v) is 13.0. The minimum atomic E-state index is -0.789. The van der Waals surface area contributed by atoms with E-state index in [0.29, 0.717) is 6.54 Å². The second-order valence-corrected chi connectivity index (χ2v) is 6.18. The average molecular weight is 313 g/mol. The third-order valence-corrected chi connectivity index (χ3v) is 4.77. The molecule has 0 spiro atoms. The maximum atomic E-state index is 13.1. The quantitative estimate of drug-likeness (QED) is 0.939. The summed E-state index contributed by atoms with van der Waals surface area (Å²) in [5.74, 6) is -1.69. The van der Waals surface area contributed by atoms with Crippen LogP contribution in [0.1, 0.15) is 24.0 Å². The van der Waals surface area contributed by atoms with Gasteiger partial charge in [-0.2, -0.15) is 0 Å². The number of carbonyl (C=O) groups is 1. The Labute approximate surface area is 135 Å². The highest BCUT2D eigenvalue weighted by molar-refractivity contribution is 5.73. The number of likely N-dealkylation sites (tertiary alicyclic amines) is 1. The van der Waals surface area contributed by atoms with Gasteiger partial charge in [-0.05, 0) is 30.2 Å². The molecule has 4 heteroatoms. The van der Waals surface area contributed by atoms with Crippen molar-refractivity contribution in [3.63, 3.8) is 0 Å². The van der Waals surface area contributed by atoms with Gasteiger partial charge in [-0.25, -0.2) is 4.39 Å². The van der Waals surface area contributed by atoms with Crippen molar-refractivity contribution < 1.29 is 14.3 Å². The molecule has 1 fully saturated rings. The lowest BCUT2D eigenvalue weighted by Crippen LogP contribution is -2.32. The van der Waals surface area contributed by atoms with Crippen LogP contribution < -0.4 is 0 Å².